The summed E-state index contributed by atoms with van der Waals surface area (Å²) in [5.74, 6) is -0.337. The van der Waals surface area contributed by atoms with Crippen LogP contribution in [0, 0.1) is 0 Å². The predicted molar refractivity (Wildman–Crippen MR) is 101 cm³/mol. The molecule has 4 N–H and O–H groups in total. The molecule has 1 aliphatic rings. The van der Waals surface area contributed by atoms with Crippen LogP contribution >= 0.6 is 0 Å². The summed E-state index contributed by atoms with van der Waals surface area (Å²) >= 11 is 0. The molecule has 1 atom stereocenters. The molecule has 0 saturated heterocycles. The van der Waals surface area contributed by atoms with Crippen LogP contribution in [-0.4, -0.2) is 25.5 Å². The third kappa shape index (κ3) is 8.52. The lowest BCUT2D eigenvalue weighted by Crippen LogP contribution is -2.14. The molecule has 1 unspecified atom stereocenters. The quantitative estimate of drug-likeness (QED) is 0.411. The van der Waals surface area contributed by atoms with Crippen molar-refractivity contribution in [2.75, 3.05) is 13.1 Å². The Morgan fingerprint density at radius 2 is 2.24 bits per heavy atom. The molecule has 0 aromatic rings. The maximum absolute atomic E-state index is 13.7. The molecule has 0 radical (unpaired) electrons. The van der Waals surface area contributed by atoms with Crippen molar-refractivity contribution in [1.82, 2.24) is 10.6 Å². The lowest BCUT2D eigenvalue weighted by molar-refractivity contribution is 0.380. The van der Waals surface area contributed by atoms with Gasteiger partial charge in [-0.2, -0.15) is 0 Å². The van der Waals surface area contributed by atoms with E-state index in [0.29, 0.717) is 36.4 Å². The Morgan fingerprint density at radius 1 is 1.48 bits per heavy atom. The lowest BCUT2D eigenvalue weighted by atomic mass is 10.0. The van der Waals surface area contributed by atoms with E-state index in [1.165, 1.54) is 6.21 Å². The fraction of sp³-hybridized carbons (Fsp3) is 0.526. The average Bonchev–Trinajstić information content (AvgIpc) is 2.60. The van der Waals surface area contributed by atoms with Gasteiger partial charge in [-0.3, -0.25) is 4.99 Å². The minimum Gasteiger partial charge on any atom is -0.401 e. The first kappa shape index (κ1) is 20.9. The molecule has 0 amide bonds. The Labute approximate surface area is 149 Å². The molecular formula is C19H30F2N4. The number of halogens is 2. The Hall–Kier alpha value is -2.11. The number of alkyl halides is 1. The lowest BCUT2D eigenvalue weighted by Gasteiger charge is -2.14. The molecular weight excluding hydrogens is 322 g/mol. The Balaban J connectivity index is 2.30. The maximum Gasteiger partial charge on any atom is 0.159 e. The summed E-state index contributed by atoms with van der Waals surface area (Å²) in [6.45, 7) is 6.76. The van der Waals surface area contributed by atoms with E-state index >= 15 is 0 Å². The number of aliphatic imine (C=N–C) groups is 1. The summed E-state index contributed by atoms with van der Waals surface area (Å²) < 4.78 is 27.0. The van der Waals surface area contributed by atoms with Crippen LogP contribution in [0.15, 0.2) is 51.8 Å². The molecule has 140 valence electrons. The third-order valence-electron chi connectivity index (χ3n) is 3.80. The van der Waals surface area contributed by atoms with Crippen molar-refractivity contribution < 1.29 is 8.78 Å². The molecule has 0 aliphatic heterocycles. The van der Waals surface area contributed by atoms with Gasteiger partial charge in [0.15, 0.2) is 5.83 Å². The number of nitrogens with one attached hydrogen (secondary N) is 2. The highest BCUT2D eigenvalue weighted by Crippen LogP contribution is 2.18. The van der Waals surface area contributed by atoms with Crippen molar-refractivity contribution in [3.63, 3.8) is 0 Å². The van der Waals surface area contributed by atoms with Crippen molar-refractivity contribution in [3.8, 4) is 0 Å². The molecule has 0 spiro atoms. The van der Waals surface area contributed by atoms with Crippen LogP contribution in [-0.2, 0) is 0 Å². The monoisotopic (exact) mass is 352 g/mol. The summed E-state index contributed by atoms with van der Waals surface area (Å²) in [5, 5.41) is 6.07. The van der Waals surface area contributed by atoms with E-state index in [1.807, 2.05) is 13.0 Å². The summed E-state index contributed by atoms with van der Waals surface area (Å²) in [5.41, 5.74) is 8.69. The van der Waals surface area contributed by atoms with Gasteiger partial charge in [0.25, 0.3) is 0 Å². The first-order valence-corrected chi connectivity index (χ1v) is 8.77. The van der Waals surface area contributed by atoms with E-state index in [1.54, 1.807) is 26.1 Å². The largest absolute Gasteiger partial charge is 0.401 e. The smallest absolute Gasteiger partial charge is 0.159 e. The molecule has 0 aromatic heterocycles. The number of hydrogen-bond donors (Lipinski definition) is 3. The van der Waals surface area contributed by atoms with E-state index in [-0.39, 0.29) is 5.83 Å². The van der Waals surface area contributed by atoms with Gasteiger partial charge >= 0.3 is 0 Å². The van der Waals surface area contributed by atoms with Gasteiger partial charge in [-0.25, -0.2) is 8.78 Å². The summed E-state index contributed by atoms with van der Waals surface area (Å²) in [6.07, 6.45) is 8.41. The Kier molecular flexibility index (Phi) is 9.58. The maximum atomic E-state index is 13.7. The highest BCUT2D eigenvalue weighted by atomic mass is 19.1. The number of rotatable bonds is 10. The van der Waals surface area contributed by atoms with Gasteiger partial charge in [0.2, 0.25) is 0 Å². The topological polar surface area (TPSA) is 62.4 Å². The van der Waals surface area contributed by atoms with Crippen LogP contribution in [0.25, 0.3) is 0 Å². The number of nitrogens with zero attached hydrogens (tertiary/aromatic N) is 1. The molecule has 4 nitrogen and oxygen atoms in total. The average molecular weight is 352 g/mol. The van der Waals surface area contributed by atoms with Gasteiger partial charge < -0.3 is 16.4 Å². The van der Waals surface area contributed by atoms with E-state index in [9.17, 15) is 8.78 Å². The molecule has 0 bridgehead atoms. The predicted octanol–water partition coefficient (Wildman–Crippen LogP) is 4.00. The number of allylic oxidation sites excluding steroid dienone is 6. The van der Waals surface area contributed by atoms with Crippen LogP contribution in [0.5, 0.6) is 0 Å². The molecule has 1 aliphatic carbocycles. The minimum absolute atomic E-state index is 0.337. The molecule has 1 rings (SSSR count). The SMILES string of the molecule is CCCN/C(C)=C(F)/C=N\CCC/C(N)=C/NC1=CCC(F)C(C)=C1. The molecule has 0 fully saturated rings. The van der Waals surface area contributed by atoms with Gasteiger partial charge in [0.05, 0.1) is 6.21 Å². The zero-order valence-corrected chi connectivity index (χ0v) is 15.4. The molecule has 0 aromatic carbocycles. The van der Waals surface area contributed by atoms with Crippen molar-refractivity contribution in [2.24, 2.45) is 10.7 Å². The van der Waals surface area contributed by atoms with Crippen LogP contribution < -0.4 is 16.4 Å². The normalized spacial score (nSPS) is 19.4. The summed E-state index contributed by atoms with van der Waals surface area (Å²) in [4.78, 5) is 4.08. The second kappa shape index (κ2) is 11.4. The molecule has 0 heterocycles. The fourth-order valence-electron chi connectivity index (χ4n) is 2.17. The van der Waals surface area contributed by atoms with Crippen LogP contribution in [0.4, 0.5) is 8.78 Å². The first-order chi connectivity index (χ1) is 11.9. The zero-order chi connectivity index (χ0) is 18.7. The molecule has 0 saturated carbocycles. The van der Waals surface area contributed by atoms with Crippen molar-refractivity contribution in [1.29, 1.82) is 0 Å². The Morgan fingerprint density at radius 3 is 2.92 bits per heavy atom. The second-order valence-corrected chi connectivity index (χ2v) is 6.15. The van der Waals surface area contributed by atoms with Gasteiger partial charge in [-0.15, -0.1) is 0 Å². The standard InChI is InChI=1S/C19H30F2N4/c1-4-9-24-15(3)19(21)13-23-10-5-6-16(22)12-25-17-7-8-18(20)14(2)11-17/h7,11-13,18,24-25H,4-6,8-10,22H2,1-3H3/b16-12-,19-15-,23-13-. The van der Waals surface area contributed by atoms with E-state index in [0.717, 1.165) is 25.1 Å². The van der Waals surface area contributed by atoms with Gasteiger partial charge in [0, 0.05) is 42.8 Å². The number of hydrogen-bond acceptors (Lipinski definition) is 4. The first-order valence-electron chi connectivity index (χ1n) is 8.77. The molecule has 25 heavy (non-hydrogen) atoms. The highest BCUT2D eigenvalue weighted by Gasteiger charge is 2.12. The van der Waals surface area contributed by atoms with Crippen LogP contribution in [0.2, 0.25) is 0 Å². The zero-order valence-electron chi connectivity index (χ0n) is 15.4. The summed E-state index contributed by atoms with van der Waals surface area (Å²) in [7, 11) is 0. The minimum atomic E-state index is -0.889. The van der Waals surface area contributed by atoms with E-state index < -0.39 is 6.17 Å². The van der Waals surface area contributed by atoms with Crippen molar-refractivity contribution in [2.45, 2.75) is 52.6 Å². The van der Waals surface area contributed by atoms with E-state index in [2.05, 4.69) is 15.6 Å². The van der Waals surface area contributed by atoms with Crippen molar-refractivity contribution in [3.05, 3.63) is 46.8 Å². The van der Waals surface area contributed by atoms with Crippen molar-refractivity contribution >= 4 is 6.21 Å². The van der Waals surface area contributed by atoms with Crippen LogP contribution in [0.1, 0.15) is 46.5 Å². The van der Waals surface area contributed by atoms with E-state index in [4.69, 9.17) is 5.73 Å². The van der Waals surface area contributed by atoms with Gasteiger partial charge in [-0.1, -0.05) is 13.0 Å². The molecule has 6 heteroatoms. The highest BCUT2D eigenvalue weighted by molar-refractivity contribution is 5.76. The Bertz CT molecular complexity index is 574. The third-order valence-corrected chi connectivity index (χ3v) is 3.80. The van der Waals surface area contributed by atoms with Gasteiger partial charge in [-0.05, 0) is 44.8 Å². The van der Waals surface area contributed by atoms with Crippen LogP contribution in [0.3, 0.4) is 0 Å². The second-order valence-electron chi connectivity index (χ2n) is 6.15. The summed E-state index contributed by atoms with van der Waals surface area (Å²) in [6, 6.07) is 0. The van der Waals surface area contributed by atoms with Gasteiger partial charge in [0.1, 0.15) is 6.17 Å². The fourth-order valence-corrected chi connectivity index (χ4v) is 2.17. The number of nitrogens with two attached hydrogens (primary N) is 1.